The standard InChI is InChI=1S/C41H28N2O/c1-2-9-27(10-3-1)28-18-20-31(21-19-28)43(32-22-23-39-37(26-32)36-15-8-24-42-41(36)44-39)38-25-30-17-16-29-11-4-5-12-33(29)40(30)35-14-7-6-13-34(35)38/h1-23,25-26,42H,24H2. The lowest BCUT2D eigenvalue weighted by molar-refractivity contribution is 0.628. The van der Waals surface area contributed by atoms with Crippen LogP contribution in [-0.2, 0) is 0 Å². The second kappa shape index (κ2) is 9.89. The Morgan fingerprint density at radius 2 is 1.25 bits per heavy atom. The summed E-state index contributed by atoms with van der Waals surface area (Å²) in [6.07, 6.45) is 4.31. The molecule has 7 aromatic carbocycles. The molecular formula is C41H28N2O. The Hall–Kier alpha value is -5.80. The van der Waals surface area contributed by atoms with Gasteiger partial charge in [-0.3, -0.25) is 0 Å². The Morgan fingerprint density at radius 1 is 0.545 bits per heavy atom. The lowest BCUT2D eigenvalue weighted by Crippen LogP contribution is -2.10. The van der Waals surface area contributed by atoms with E-state index in [0.717, 1.165) is 46.0 Å². The van der Waals surface area contributed by atoms with Crippen molar-refractivity contribution in [3.8, 4) is 11.1 Å². The molecule has 3 nitrogen and oxygen atoms in total. The van der Waals surface area contributed by atoms with Gasteiger partial charge in [0.2, 0.25) is 5.88 Å². The summed E-state index contributed by atoms with van der Waals surface area (Å²) in [4.78, 5) is 2.39. The van der Waals surface area contributed by atoms with Crippen LogP contribution in [0.2, 0.25) is 0 Å². The van der Waals surface area contributed by atoms with Gasteiger partial charge in [0.25, 0.3) is 0 Å². The summed E-state index contributed by atoms with van der Waals surface area (Å²) in [5.41, 5.74) is 7.70. The summed E-state index contributed by atoms with van der Waals surface area (Å²) >= 11 is 0. The summed E-state index contributed by atoms with van der Waals surface area (Å²) in [5.74, 6) is 0.835. The van der Waals surface area contributed by atoms with Gasteiger partial charge in [0, 0.05) is 34.3 Å². The van der Waals surface area contributed by atoms with Gasteiger partial charge in [-0.2, -0.15) is 0 Å². The fourth-order valence-electron chi connectivity index (χ4n) is 6.77. The maximum Gasteiger partial charge on any atom is 0.201 e. The van der Waals surface area contributed by atoms with E-state index in [1.54, 1.807) is 0 Å². The smallest absolute Gasteiger partial charge is 0.201 e. The van der Waals surface area contributed by atoms with Crippen LogP contribution in [0.25, 0.3) is 60.5 Å². The lowest BCUT2D eigenvalue weighted by Gasteiger charge is -2.28. The van der Waals surface area contributed by atoms with E-state index in [4.69, 9.17) is 4.42 Å². The predicted molar refractivity (Wildman–Crippen MR) is 186 cm³/mol. The maximum atomic E-state index is 6.19. The Balaban J connectivity index is 1.32. The van der Waals surface area contributed by atoms with Crippen LogP contribution in [0.15, 0.2) is 150 Å². The minimum Gasteiger partial charge on any atom is -0.440 e. The van der Waals surface area contributed by atoms with Crippen LogP contribution in [0.1, 0.15) is 5.56 Å². The average Bonchev–Trinajstić information content (AvgIpc) is 3.47. The van der Waals surface area contributed by atoms with Gasteiger partial charge in [-0.15, -0.1) is 0 Å². The van der Waals surface area contributed by atoms with Crippen molar-refractivity contribution in [3.05, 3.63) is 151 Å². The SMILES string of the molecule is C1=Cc2c(oc3ccc(N(c4ccc(-c5ccccc5)cc4)c4cc5ccc6ccccc6c5c5ccccc45)cc23)NC1. The van der Waals surface area contributed by atoms with Crippen molar-refractivity contribution in [1.82, 2.24) is 0 Å². The third-order valence-electron chi connectivity index (χ3n) is 8.83. The molecule has 0 spiro atoms. The first-order valence-corrected chi connectivity index (χ1v) is 15.1. The number of nitrogens with zero attached hydrogens (tertiary/aromatic N) is 1. The van der Waals surface area contributed by atoms with Crippen LogP contribution < -0.4 is 10.2 Å². The van der Waals surface area contributed by atoms with Crippen LogP contribution in [0.4, 0.5) is 22.9 Å². The topological polar surface area (TPSA) is 28.4 Å². The molecule has 0 bridgehead atoms. The monoisotopic (exact) mass is 564 g/mol. The highest BCUT2D eigenvalue weighted by atomic mass is 16.3. The molecule has 9 rings (SSSR count). The van der Waals surface area contributed by atoms with Gasteiger partial charge in [-0.1, -0.05) is 115 Å². The number of benzene rings is 7. The zero-order chi connectivity index (χ0) is 29.0. The summed E-state index contributed by atoms with van der Waals surface area (Å²) in [6, 6.07) is 50.3. The number of furan rings is 1. The molecule has 0 fully saturated rings. The van der Waals surface area contributed by atoms with Gasteiger partial charge in [0.05, 0.1) is 5.69 Å². The fraction of sp³-hybridized carbons (Fsp3) is 0.0244. The highest BCUT2D eigenvalue weighted by Crippen LogP contribution is 2.45. The lowest BCUT2D eigenvalue weighted by atomic mass is 9.94. The molecule has 3 heteroatoms. The van der Waals surface area contributed by atoms with Crippen molar-refractivity contribution < 1.29 is 4.42 Å². The van der Waals surface area contributed by atoms with E-state index < -0.39 is 0 Å². The van der Waals surface area contributed by atoms with Crippen LogP contribution in [0.3, 0.4) is 0 Å². The number of fused-ring (bicyclic) bond motifs is 8. The van der Waals surface area contributed by atoms with Crippen molar-refractivity contribution in [2.75, 3.05) is 16.8 Å². The van der Waals surface area contributed by atoms with Crippen LogP contribution in [-0.4, -0.2) is 6.54 Å². The molecule has 0 unspecified atom stereocenters. The van der Waals surface area contributed by atoms with Crippen molar-refractivity contribution >= 4 is 72.3 Å². The van der Waals surface area contributed by atoms with Crippen molar-refractivity contribution in [2.45, 2.75) is 0 Å². The normalized spacial score (nSPS) is 12.5. The molecule has 8 aromatic rings. The first kappa shape index (κ1) is 24.8. The third kappa shape index (κ3) is 3.90. The summed E-state index contributed by atoms with van der Waals surface area (Å²) in [7, 11) is 0. The largest absolute Gasteiger partial charge is 0.440 e. The molecule has 44 heavy (non-hydrogen) atoms. The molecule has 208 valence electrons. The fourth-order valence-corrected chi connectivity index (χ4v) is 6.77. The molecular weight excluding hydrogens is 536 g/mol. The van der Waals surface area contributed by atoms with Crippen molar-refractivity contribution in [1.29, 1.82) is 0 Å². The minimum absolute atomic E-state index is 0.775. The molecule has 1 aromatic heterocycles. The second-order valence-electron chi connectivity index (χ2n) is 11.4. The summed E-state index contributed by atoms with van der Waals surface area (Å²) < 4.78 is 6.19. The highest BCUT2D eigenvalue weighted by molar-refractivity contribution is 6.23. The number of rotatable bonds is 4. The van der Waals surface area contributed by atoms with E-state index in [2.05, 4.69) is 162 Å². The second-order valence-corrected chi connectivity index (χ2v) is 11.4. The van der Waals surface area contributed by atoms with Crippen LogP contribution in [0.5, 0.6) is 0 Å². The first-order chi connectivity index (χ1) is 21.8. The number of anilines is 4. The van der Waals surface area contributed by atoms with Gasteiger partial charge in [0.1, 0.15) is 5.58 Å². The number of nitrogens with one attached hydrogen (secondary N) is 1. The molecule has 1 N–H and O–H groups in total. The zero-order valence-electron chi connectivity index (χ0n) is 24.0. The van der Waals surface area contributed by atoms with Gasteiger partial charge in [-0.05, 0) is 74.5 Å². The van der Waals surface area contributed by atoms with Crippen LogP contribution >= 0.6 is 0 Å². The Morgan fingerprint density at radius 3 is 2.11 bits per heavy atom. The number of hydrogen-bond donors (Lipinski definition) is 1. The molecule has 1 aliphatic rings. The minimum atomic E-state index is 0.775. The molecule has 1 aliphatic heterocycles. The molecule has 2 heterocycles. The van der Waals surface area contributed by atoms with Gasteiger partial charge >= 0.3 is 0 Å². The van der Waals surface area contributed by atoms with E-state index >= 15 is 0 Å². The molecule has 0 radical (unpaired) electrons. The molecule has 0 saturated carbocycles. The van der Waals surface area contributed by atoms with Crippen molar-refractivity contribution in [2.24, 2.45) is 0 Å². The molecule has 0 amide bonds. The van der Waals surface area contributed by atoms with Crippen LogP contribution in [0, 0.1) is 0 Å². The van der Waals surface area contributed by atoms with E-state index in [9.17, 15) is 0 Å². The zero-order valence-corrected chi connectivity index (χ0v) is 24.0. The third-order valence-corrected chi connectivity index (χ3v) is 8.83. The average molecular weight is 565 g/mol. The Bertz CT molecular complexity index is 2380. The molecule has 0 aliphatic carbocycles. The van der Waals surface area contributed by atoms with Gasteiger partial charge in [0.15, 0.2) is 0 Å². The maximum absolute atomic E-state index is 6.19. The molecule has 0 saturated heterocycles. The van der Waals surface area contributed by atoms with Gasteiger partial charge in [-0.25, -0.2) is 0 Å². The van der Waals surface area contributed by atoms with E-state index in [1.165, 1.54) is 43.4 Å². The predicted octanol–water partition coefficient (Wildman–Crippen LogP) is 11.5. The summed E-state index contributed by atoms with van der Waals surface area (Å²) in [6.45, 7) is 0.775. The number of hydrogen-bond acceptors (Lipinski definition) is 3. The first-order valence-electron chi connectivity index (χ1n) is 15.1. The molecule has 0 atom stereocenters. The van der Waals surface area contributed by atoms with E-state index in [1.807, 2.05) is 0 Å². The highest BCUT2D eigenvalue weighted by Gasteiger charge is 2.21. The Labute approximate surface area is 255 Å². The summed E-state index contributed by atoms with van der Waals surface area (Å²) in [5, 5.41) is 12.0. The van der Waals surface area contributed by atoms with Crippen molar-refractivity contribution in [3.63, 3.8) is 0 Å². The van der Waals surface area contributed by atoms with Gasteiger partial charge < -0.3 is 14.6 Å². The van der Waals surface area contributed by atoms with E-state index in [0.29, 0.717) is 0 Å². The Kier molecular flexibility index (Phi) is 5.57. The van der Waals surface area contributed by atoms with E-state index in [-0.39, 0.29) is 0 Å². The quantitative estimate of drug-likeness (QED) is 0.216.